The van der Waals surface area contributed by atoms with Gasteiger partial charge in [0.25, 0.3) is 0 Å². The minimum Gasteiger partial charge on any atom is -0.403 e. The van der Waals surface area contributed by atoms with Gasteiger partial charge in [-0.3, -0.25) is 0 Å². The Balaban J connectivity index is 1.85. The molecule has 26 heavy (non-hydrogen) atoms. The molecule has 0 aliphatic carbocycles. The Morgan fingerprint density at radius 1 is 0.692 bits per heavy atom. The summed E-state index contributed by atoms with van der Waals surface area (Å²) in [6.07, 6.45) is 0.688. The van der Waals surface area contributed by atoms with E-state index in [9.17, 15) is 0 Å². The summed E-state index contributed by atoms with van der Waals surface area (Å²) in [6, 6.07) is 10.4. The second kappa shape index (κ2) is 6.37. The van der Waals surface area contributed by atoms with Crippen LogP contribution in [0, 0.1) is 0 Å². The molecule has 2 heterocycles. The van der Waals surface area contributed by atoms with Gasteiger partial charge in [0.05, 0.1) is 22.4 Å². The van der Waals surface area contributed by atoms with Gasteiger partial charge in [-0.1, -0.05) is 30.3 Å². The number of benzene rings is 1. The van der Waals surface area contributed by atoms with E-state index in [-0.39, 0.29) is 42.5 Å². The van der Waals surface area contributed by atoms with Crippen LogP contribution in [0.2, 0.25) is 6.32 Å². The predicted octanol–water partition coefficient (Wildman–Crippen LogP) is 4.49. The fourth-order valence-electron chi connectivity index (χ4n) is 3.43. The van der Waals surface area contributed by atoms with Crippen molar-refractivity contribution in [3.63, 3.8) is 0 Å². The third kappa shape index (κ3) is 3.49. The third-order valence-corrected chi connectivity index (χ3v) is 6.58. The van der Waals surface area contributed by atoms with E-state index in [0.717, 1.165) is 0 Å². The van der Waals surface area contributed by atoms with Crippen molar-refractivity contribution < 1.29 is 18.6 Å². The van der Waals surface area contributed by atoms with Gasteiger partial charge < -0.3 is 18.6 Å². The number of rotatable bonds is 4. The Labute approximate surface area is 159 Å². The van der Waals surface area contributed by atoms with E-state index < -0.39 is 0 Å². The Morgan fingerprint density at radius 2 is 1.12 bits per heavy atom. The van der Waals surface area contributed by atoms with Crippen molar-refractivity contribution in [1.29, 1.82) is 0 Å². The summed E-state index contributed by atoms with van der Waals surface area (Å²) in [5.41, 5.74) is -0.217. The molecule has 0 amide bonds. The second-order valence-electron chi connectivity index (χ2n) is 9.56. The van der Waals surface area contributed by atoms with E-state index in [1.807, 2.05) is 6.07 Å². The topological polar surface area (TPSA) is 36.9 Å². The lowest BCUT2D eigenvalue weighted by Gasteiger charge is -2.32. The highest BCUT2D eigenvalue weighted by atomic mass is 16.7. The average molecular weight is 358 g/mol. The van der Waals surface area contributed by atoms with E-state index >= 15 is 0 Å². The molecule has 6 heteroatoms. The Morgan fingerprint density at radius 3 is 1.58 bits per heavy atom. The molecule has 2 saturated heterocycles. The average Bonchev–Trinajstić information content (AvgIpc) is 2.85. The fraction of sp³-hybridized carbons (Fsp3) is 0.700. The lowest BCUT2D eigenvalue weighted by molar-refractivity contribution is 0.00578. The van der Waals surface area contributed by atoms with Crippen LogP contribution in [0.4, 0.5) is 0 Å². The Hall–Kier alpha value is -0.810. The lowest BCUT2D eigenvalue weighted by atomic mass is 9.58. The van der Waals surface area contributed by atoms with Gasteiger partial charge in [-0.2, -0.15) is 0 Å². The van der Waals surface area contributed by atoms with Crippen molar-refractivity contribution >= 4 is 14.2 Å². The molecule has 142 valence electrons. The number of hydrogen-bond donors (Lipinski definition) is 0. The largest absolute Gasteiger partial charge is 0.465 e. The normalized spacial score (nSPS) is 26.9. The van der Waals surface area contributed by atoms with Gasteiger partial charge in [0.15, 0.2) is 0 Å². The summed E-state index contributed by atoms with van der Waals surface area (Å²) in [7, 11) is -0.620. The second-order valence-corrected chi connectivity index (χ2v) is 9.56. The van der Waals surface area contributed by atoms with E-state index in [0.29, 0.717) is 6.32 Å². The first kappa shape index (κ1) is 19.9. The Bertz CT molecular complexity index is 610. The molecule has 0 bridgehead atoms. The molecule has 3 rings (SSSR count). The highest BCUT2D eigenvalue weighted by molar-refractivity contribution is 6.53. The van der Waals surface area contributed by atoms with Crippen LogP contribution in [0.5, 0.6) is 0 Å². The van der Waals surface area contributed by atoms with Gasteiger partial charge >= 0.3 is 14.2 Å². The SMILES string of the molecule is CC1(C)OB(C[C@@H](B2OC(C)(C)C(C)(C)O2)c2ccccc2)OC1(C)C. The lowest BCUT2D eigenvalue weighted by Crippen LogP contribution is -2.41. The molecule has 1 atom stereocenters. The monoisotopic (exact) mass is 358 g/mol. The van der Waals surface area contributed by atoms with Crippen LogP contribution in [0.3, 0.4) is 0 Å². The van der Waals surface area contributed by atoms with Gasteiger partial charge in [-0.05, 0) is 67.3 Å². The summed E-state index contributed by atoms with van der Waals surface area (Å²) in [5.74, 6) is 0.0342. The molecular formula is C20H32B2O4. The molecule has 2 fully saturated rings. The number of hydrogen-bond acceptors (Lipinski definition) is 4. The summed E-state index contributed by atoms with van der Waals surface area (Å²) < 4.78 is 25.2. The zero-order valence-corrected chi connectivity index (χ0v) is 17.5. The van der Waals surface area contributed by atoms with E-state index in [1.54, 1.807) is 0 Å². The molecule has 2 aliphatic heterocycles. The maximum Gasteiger partial charge on any atom is 0.465 e. The first-order valence-corrected chi connectivity index (χ1v) is 9.61. The van der Waals surface area contributed by atoms with E-state index in [4.69, 9.17) is 18.6 Å². The van der Waals surface area contributed by atoms with Crippen LogP contribution in [0.25, 0.3) is 0 Å². The van der Waals surface area contributed by atoms with Crippen LogP contribution in [0.1, 0.15) is 66.8 Å². The zero-order valence-electron chi connectivity index (χ0n) is 17.5. The van der Waals surface area contributed by atoms with Crippen molar-refractivity contribution in [3.05, 3.63) is 35.9 Å². The van der Waals surface area contributed by atoms with Gasteiger partial charge in [0, 0.05) is 5.82 Å². The quantitative estimate of drug-likeness (QED) is 0.743. The molecule has 1 aromatic rings. The van der Waals surface area contributed by atoms with E-state index in [1.165, 1.54) is 5.56 Å². The third-order valence-electron chi connectivity index (χ3n) is 6.58. The molecule has 4 nitrogen and oxygen atoms in total. The molecule has 0 saturated carbocycles. The van der Waals surface area contributed by atoms with Crippen LogP contribution in [-0.2, 0) is 18.6 Å². The van der Waals surface area contributed by atoms with Crippen molar-refractivity contribution in [2.75, 3.05) is 0 Å². The molecule has 0 spiro atoms. The minimum absolute atomic E-state index is 0.0342. The zero-order chi connectivity index (χ0) is 19.4. The standard InChI is InChI=1S/C20H32B2O4/c1-17(2)18(3,4)24-21(23-17)14-16(15-12-10-9-11-13-15)22-25-19(5,6)20(7,8)26-22/h9-13,16H,14H2,1-8H3/t16-/m1/s1. The van der Waals surface area contributed by atoms with E-state index in [2.05, 4.69) is 79.7 Å². The predicted molar refractivity (Wildman–Crippen MR) is 106 cm³/mol. The smallest absolute Gasteiger partial charge is 0.403 e. The van der Waals surface area contributed by atoms with Crippen LogP contribution >= 0.6 is 0 Å². The highest BCUT2D eigenvalue weighted by Crippen LogP contribution is 2.44. The van der Waals surface area contributed by atoms with Crippen LogP contribution in [0.15, 0.2) is 30.3 Å². The minimum atomic E-state index is -0.360. The molecule has 0 N–H and O–H groups in total. The molecular weight excluding hydrogens is 326 g/mol. The van der Waals surface area contributed by atoms with Gasteiger partial charge in [-0.25, -0.2) is 0 Å². The summed E-state index contributed by atoms with van der Waals surface area (Å²) in [6.45, 7) is 16.7. The highest BCUT2D eigenvalue weighted by Gasteiger charge is 2.57. The molecule has 2 aliphatic rings. The van der Waals surface area contributed by atoms with Gasteiger partial charge in [0.2, 0.25) is 0 Å². The maximum absolute atomic E-state index is 6.36. The fourth-order valence-corrected chi connectivity index (χ4v) is 3.43. The van der Waals surface area contributed by atoms with Gasteiger partial charge in [0.1, 0.15) is 0 Å². The van der Waals surface area contributed by atoms with Crippen molar-refractivity contribution in [2.24, 2.45) is 0 Å². The van der Waals surface area contributed by atoms with Crippen LogP contribution in [-0.4, -0.2) is 36.6 Å². The summed E-state index contributed by atoms with van der Waals surface area (Å²) >= 11 is 0. The van der Waals surface area contributed by atoms with Crippen molar-refractivity contribution in [2.45, 2.75) is 89.9 Å². The maximum atomic E-state index is 6.36. The van der Waals surface area contributed by atoms with Crippen molar-refractivity contribution in [1.82, 2.24) is 0 Å². The van der Waals surface area contributed by atoms with Crippen LogP contribution < -0.4 is 0 Å². The molecule has 1 aromatic carbocycles. The Kier molecular flexibility index (Phi) is 4.88. The molecule has 0 radical (unpaired) electrons. The molecule has 0 aromatic heterocycles. The first-order chi connectivity index (χ1) is 11.8. The first-order valence-electron chi connectivity index (χ1n) is 9.61. The summed E-state index contributed by atoms with van der Waals surface area (Å²) in [4.78, 5) is 0. The van der Waals surface area contributed by atoms with Crippen molar-refractivity contribution in [3.8, 4) is 0 Å². The summed E-state index contributed by atoms with van der Waals surface area (Å²) in [5, 5.41) is 0. The van der Waals surface area contributed by atoms with Gasteiger partial charge in [-0.15, -0.1) is 0 Å². The molecule has 0 unspecified atom stereocenters.